The third kappa shape index (κ3) is 7.32. The fourth-order valence-corrected chi connectivity index (χ4v) is 6.10. The Bertz CT molecular complexity index is 993. The lowest BCUT2D eigenvalue weighted by atomic mass is 9.89. The van der Waals surface area contributed by atoms with Crippen molar-refractivity contribution in [3.8, 4) is 0 Å². The van der Waals surface area contributed by atoms with Crippen molar-refractivity contribution in [1.29, 1.82) is 0 Å². The van der Waals surface area contributed by atoms with Gasteiger partial charge in [-0.25, -0.2) is 0 Å². The Morgan fingerprint density at radius 3 is 2.49 bits per heavy atom. The van der Waals surface area contributed by atoms with Crippen LogP contribution < -0.4 is 0 Å². The number of hydrogen-bond donors (Lipinski definition) is 0. The zero-order chi connectivity index (χ0) is 27.4. The lowest BCUT2D eigenvalue weighted by molar-refractivity contribution is -0.151. The maximum absolute atomic E-state index is 13.2. The first-order valence-corrected chi connectivity index (χ1v) is 16.4. The molecule has 1 fully saturated rings. The van der Waals surface area contributed by atoms with E-state index in [0.29, 0.717) is 12.8 Å². The van der Waals surface area contributed by atoms with Crippen molar-refractivity contribution in [1.82, 2.24) is 0 Å². The zero-order valence-corrected chi connectivity index (χ0v) is 25.0. The molecule has 6 atom stereocenters. The van der Waals surface area contributed by atoms with Gasteiger partial charge < -0.3 is 18.6 Å². The molecule has 5 nitrogen and oxygen atoms in total. The zero-order valence-electron chi connectivity index (χ0n) is 24.0. The minimum Gasteiger partial charge on any atom is -0.457 e. The summed E-state index contributed by atoms with van der Waals surface area (Å²) in [6.45, 7) is 21.1. The predicted molar refractivity (Wildman–Crippen MR) is 152 cm³/mol. The molecule has 204 valence electrons. The Balaban J connectivity index is 1.97. The summed E-state index contributed by atoms with van der Waals surface area (Å²) in [5.74, 6) is -0.290. The first kappa shape index (κ1) is 29.6. The summed E-state index contributed by atoms with van der Waals surface area (Å²) >= 11 is 0. The van der Waals surface area contributed by atoms with E-state index in [4.69, 9.17) is 18.6 Å². The molecule has 1 aromatic rings. The monoisotopic (exact) mass is 526 g/mol. The summed E-state index contributed by atoms with van der Waals surface area (Å²) in [4.78, 5) is 13.2. The molecular weight excluding hydrogens is 480 g/mol. The fourth-order valence-electron chi connectivity index (χ4n) is 4.72. The van der Waals surface area contributed by atoms with Crippen LogP contribution in [0.25, 0.3) is 0 Å². The molecule has 0 aromatic heterocycles. The Labute approximate surface area is 225 Å². The Morgan fingerprint density at radius 2 is 1.86 bits per heavy atom. The van der Waals surface area contributed by atoms with Crippen molar-refractivity contribution < 1.29 is 23.4 Å². The average Bonchev–Trinajstić information content (AvgIpc) is 3.15. The SMILES string of the molecule is C=CC=C(C)[C@H]1OC(=O)CC(O[Si](C)(C)C(C)(C)C)CC[C@@]2(C)O[C@@H](c3ccccc3)O[C@H]2C=C[C@@H]1C. The third-order valence-electron chi connectivity index (χ3n) is 8.10. The number of hydrogen-bond acceptors (Lipinski definition) is 5. The summed E-state index contributed by atoms with van der Waals surface area (Å²) in [7, 11) is -2.12. The van der Waals surface area contributed by atoms with Crippen LogP contribution in [0.15, 0.2) is 66.8 Å². The number of carbonyl (C=O) groups is 1. The highest BCUT2D eigenvalue weighted by molar-refractivity contribution is 6.74. The number of esters is 1. The van der Waals surface area contributed by atoms with Gasteiger partial charge in [0.15, 0.2) is 14.6 Å². The maximum atomic E-state index is 13.2. The van der Waals surface area contributed by atoms with Gasteiger partial charge in [0.2, 0.25) is 0 Å². The van der Waals surface area contributed by atoms with Crippen LogP contribution in [0.2, 0.25) is 18.1 Å². The van der Waals surface area contributed by atoms with Gasteiger partial charge in [-0.2, -0.15) is 0 Å². The van der Waals surface area contributed by atoms with Crippen LogP contribution in [0, 0.1) is 5.92 Å². The maximum Gasteiger partial charge on any atom is 0.308 e. The van der Waals surface area contributed by atoms with E-state index < -0.39 is 26.3 Å². The predicted octanol–water partition coefficient (Wildman–Crippen LogP) is 7.67. The second-order valence-electron chi connectivity index (χ2n) is 12.3. The van der Waals surface area contributed by atoms with Crippen LogP contribution >= 0.6 is 0 Å². The van der Waals surface area contributed by atoms with Gasteiger partial charge in [0, 0.05) is 11.5 Å². The van der Waals surface area contributed by atoms with Gasteiger partial charge in [-0.1, -0.05) is 88.9 Å². The standard InChI is InChI=1S/C31H46O5Si/c1-10-14-22(2)28-23(3)17-18-26-31(7,35-29(33-26)24-15-12-11-13-16-24)20-19-25(21-27(32)34-28)36-37(8,9)30(4,5)6/h10-18,23,25-26,28-29H,1,19-21H2,2-9H3/t23-,25?,26-,28+,29-,31+/m0/s1. The first-order valence-electron chi connectivity index (χ1n) is 13.5. The molecule has 0 spiro atoms. The Kier molecular flexibility index (Phi) is 9.44. The van der Waals surface area contributed by atoms with E-state index in [-0.39, 0.29) is 35.6 Å². The second-order valence-corrected chi connectivity index (χ2v) is 17.0. The normalized spacial score (nSPS) is 32.2. The number of rotatable bonds is 5. The largest absolute Gasteiger partial charge is 0.457 e. The summed E-state index contributed by atoms with van der Waals surface area (Å²) in [5.41, 5.74) is 1.39. The molecule has 0 aliphatic carbocycles. The van der Waals surface area contributed by atoms with Crippen molar-refractivity contribution in [2.75, 3.05) is 0 Å². The molecule has 0 bridgehead atoms. The molecule has 1 unspecified atom stereocenters. The van der Waals surface area contributed by atoms with E-state index in [1.54, 1.807) is 6.08 Å². The number of carbonyl (C=O) groups excluding carboxylic acids is 1. The fraction of sp³-hybridized carbons (Fsp3) is 0.581. The molecule has 0 saturated carbocycles. The summed E-state index contributed by atoms with van der Waals surface area (Å²) in [5, 5.41) is 0.0292. The summed E-state index contributed by atoms with van der Waals surface area (Å²) < 4.78 is 25.9. The van der Waals surface area contributed by atoms with Crippen molar-refractivity contribution in [3.63, 3.8) is 0 Å². The molecule has 0 amide bonds. The van der Waals surface area contributed by atoms with E-state index in [1.807, 2.05) is 43.3 Å². The molecule has 2 aliphatic rings. The van der Waals surface area contributed by atoms with E-state index in [1.165, 1.54) is 0 Å². The molecule has 2 heterocycles. The van der Waals surface area contributed by atoms with Crippen LogP contribution in [-0.2, 0) is 23.4 Å². The van der Waals surface area contributed by atoms with Crippen LogP contribution in [0.4, 0.5) is 0 Å². The van der Waals surface area contributed by atoms with Gasteiger partial charge in [-0.3, -0.25) is 4.79 Å². The summed E-state index contributed by atoms with van der Waals surface area (Å²) in [6, 6.07) is 10.1. The van der Waals surface area contributed by atoms with Crippen molar-refractivity contribution in [3.05, 3.63) is 72.4 Å². The van der Waals surface area contributed by atoms with Gasteiger partial charge in [-0.05, 0) is 50.4 Å². The Morgan fingerprint density at radius 1 is 1.19 bits per heavy atom. The van der Waals surface area contributed by atoms with E-state index >= 15 is 0 Å². The number of cyclic esters (lactones) is 1. The molecule has 37 heavy (non-hydrogen) atoms. The van der Waals surface area contributed by atoms with Crippen LogP contribution in [0.1, 0.15) is 72.7 Å². The lowest BCUT2D eigenvalue weighted by Crippen LogP contribution is -2.45. The van der Waals surface area contributed by atoms with Crippen LogP contribution in [0.5, 0.6) is 0 Å². The molecule has 3 rings (SSSR count). The van der Waals surface area contributed by atoms with Crippen molar-refractivity contribution >= 4 is 14.3 Å². The van der Waals surface area contributed by atoms with Gasteiger partial charge >= 0.3 is 5.97 Å². The topological polar surface area (TPSA) is 54.0 Å². The van der Waals surface area contributed by atoms with Crippen molar-refractivity contribution in [2.24, 2.45) is 5.92 Å². The van der Waals surface area contributed by atoms with Crippen molar-refractivity contribution in [2.45, 2.75) is 109 Å². The minimum absolute atomic E-state index is 0.0292. The van der Waals surface area contributed by atoms with Gasteiger partial charge in [0.05, 0.1) is 18.1 Å². The molecule has 2 aliphatic heterocycles. The van der Waals surface area contributed by atoms with E-state index in [2.05, 4.69) is 66.4 Å². The molecule has 0 radical (unpaired) electrons. The molecule has 1 saturated heterocycles. The lowest BCUT2D eigenvalue weighted by Gasteiger charge is -2.40. The first-order chi connectivity index (χ1) is 17.3. The molecule has 1 aromatic carbocycles. The second kappa shape index (κ2) is 11.8. The third-order valence-corrected chi connectivity index (χ3v) is 12.6. The highest BCUT2D eigenvalue weighted by Gasteiger charge is 2.47. The van der Waals surface area contributed by atoms with Gasteiger partial charge in [0.25, 0.3) is 0 Å². The van der Waals surface area contributed by atoms with Gasteiger partial charge in [0.1, 0.15) is 12.2 Å². The van der Waals surface area contributed by atoms with E-state index in [9.17, 15) is 4.79 Å². The average molecular weight is 527 g/mol. The number of benzene rings is 1. The van der Waals surface area contributed by atoms with Gasteiger partial charge in [-0.15, -0.1) is 0 Å². The summed E-state index contributed by atoms with van der Waals surface area (Å²) in [6.07, 6.45) is 8.05. The molecule has 0 N–H and O–H groups in total. The number of fused-ring (bicyclic) bond motifs is 1. The number of allylic oxidation sites excluding steroid dienone is 2. The Hall–Kier alpha value is -1.99. The number of ether oxygens (including phenoxy) is 3. The van der Waals surface area contributed by atoms with Crippen LogP contribution in [-0.4, -0.2) is 38.2 Å². The molecule has 6 heteroatoms. The highest BCUT2D eigenvalue weighted by Crippen LogP contribution is 2.44. The minimum atomic E-state index is -2.12. The van der Waals surface area contributed by atoms with E-state index in [0.717, 1.165) is 11.1 Å². The molecular formula is C31H46O5Si. The quantitative estimate of drug-likeness (QED) is 0.170. The van der Waals surface area contributed by atoms with Crippen LogP contribution in [0.3, 0.4) is 0 Å². The highest BCUT2D eigenvalue weighted by atomic mass is 28.4. The smallest absolute Gasteiger partial charge is 0.308 e.